The van der Waals surface area contributed by atoms with Crippen molar-refractivity contribution in [1.29, 1.82) is 0 Å². The summed E-state index contributed by atoms with van der Waals surface area (Å²) in [7, 11) is 0. The maximum absolute atomic E-state index is 14.0. The van der Waals surface area contributed by atoms with Gasteiger partial charge in [0.1, 0.15) is 12.4 Å². The number of piperidine rings is 1. The maximum atomic E-state index is 14.0. The minimum absolute atomic E-state index is 0.0146. The molecular formula is C26H27F6N3O2. The van der Waals surface area contributed by atoms with Gasteiger partial charge in [0.25, 0.3) is 0 Å². The van der Waals surface area contributed by atoms with Gasteiger partial charge in [-0.2, -0.15) is 26.3 Å². The number of aromatic nitrogens is 2. The number of alkyl halides is 6. The first-order chi connectivity index (χ1) is 17.3. The molecule has 5 rings (SSSR count). The first kappa shape index (κ1) is 25.8. The van der Waals surface area contributed by atoms with Crippen LogP contribution in [-0.4, -0.2) is 39.5 Å². The van der Waals surface area contributed by atoms with E-state index in [0.29, 0.717) is 25.8 Å². The molecule has 0 bridgehead atoms. The monoisotopic (exact) mass is 527 g/mol. The van der Waals surface area contributed by atoms with E-state index in [1.807, 2.05) is 0 Å². The number of rotatable bonds is 5. The molecule has 3 aromatic rings. The van der Waals surface area contributed by atoms with Crippen LogP contribution < -0.4 is 10.1 Å². The fourth-order valence-electron chi connectivity index (χ4n) is 5.45. The van der Waals surface area contributed by atoms with Crippen molar-refractivity contribution in [3.63, 3.8) is 0 Å². The number of nitrogens with one attached hydrogen (secondary N) is 1. The van der Waals surface area contributed by atoms with Crippen LogP contribution in [0, 0.1) is 0 Å². The summed E-state index contributed by atoms with van der Waals surface area (Å²) in [5, 5.41) is 13.3. The number of benzene rings is 2. The standard InChI is InChI=1S/C26H27F6N3O2/c1-24(36)11-19(12-24)35-14-34-22-10-20(9-21(23(22)35)26(30,31)32)37-13-18-8-16(6-7-33-18)15-2-4-17(5-3-15)25(27,28)29/h2-5,9-10,14,16,18-19,33,36H,6-8,11-13H2,1H3. The Kier molecular flexibility index (Phi) is 6.42. The highest BCUT2D eigenvalue weighted by molar-refractivity contribution is 5.82. The predicted molar refractivity (Wildman–Crippen MR) is 124 cm³/mol. The maximum Gasteiger partial charge on any atom is 0.418 e. The van der Waals surface area contributed by atoms with E-state index >= 15 is 0 Å². The van der Waals surface area contributed by atoms with Crippen molar-refractivity contribution in [2.45, 2.75) is 68.6 Å². The summed E-state index contributed by atoms with van der Waals surface area (Å²) >= 11 is 0. The van der Waals surface area contributed by atoms with Crippen molar-refractivity contribution in [1.82, 2.24) is 14.9 Å². The molecule has 2 heterocycles. The van der Waals surface area contributed by atoms with E-state index in [1.54, 1.807) is 6.92 Å². The van der Waals surface area contributed by atoms with Gasteiger partial charge in [-0.3, -0.25) is 0 Å². The van der Waals surface area contributed by atoms with E-state index in [1.165, 1.54) is 29.1 Å². The molecule has 5 nitrogen and oxygen atoms in total. The van der Waals surface area contributed by atoms with E-state index < -0.39 is 29.1 Å². The number of imidazole rings is 1. The highest BCUT2D eigenvalue weighted by Gasteiger charge is 2.42. The Morgan fingerprint density at radius 1 is 1.08 bits per heavy atom. The Hall–Kier alpha value is -2.79. The molecule has 2 aliphatic rings. The number of halogens is 6. The fourth-order valence-corrected chi connectivity index (χ4v) is 5.45. The normalized spacial score (nSPS) is 26.8. The lowest BCUT2D eigenvalue weighted by molar-refractivity contribution is -0.138. The fraction of sp³-hybridized carbons (Fsp3) is 0.500. The average molecular weight is 528 g/mol. The Balaban J connectivity index is 1.30. The first-order valence-corrected chi connectivity index (χ1v) is 12.1. The zero-order valence-corrected chi connectivity index (χ0v) is 20.0. The smallest absolute Gasteiger partial charge is 0.418 e. The summed E-state index contributed by atoms with van der Waals surface area (Å²) < 4.78 is 87.9. The van der Waals surface area contributed by atoms with Crippen molar-refractivity contribution < 1.29 is 36.2 Å². The number of ether oxygens (including phenoxy) is 1. The highest BCUT2D eigenvalue weighted by Crippen LogP contribution is 2.45. The molecule has 0 radical (unpaired) electrons. The van der Waals surface area contributed by atoms with Crippen molar-refractivity contribution in [2.75, 3.05) is 13.2 Å². The van der Waals surface area contributed by atoms with Gasteiger partial charge in [0.15, 0.2) is 0 Å². The molecule has 37 heavy (non-hydrogen) atoms. The summed E-state index contributed by atoms with van der Waals surface area (Å²) in [6.45, 7) is 2.37. The Morgan fingerprint density at radius 2 is 1.78 bits per heavy atom. The number of nitrogens with zero attached hydrogens (tertiary/aromatic N) is 2. The van der Waals surface area contributed by atoms with Gasteiger partial charge in [-0.1, -0.05) is 12.1 Å². The van der Waals surface area contributed by atoms with Crippen molar-refractivity contribution in [2.24, 2.45) is 0 Å². The molecule has 1 aromatic heterocycles. The minimum Gasteiger partial charge on any atom is -0.492 e. The van der Waals surface area contributed by atoms with Gasteiger partial charge in [-0.25, -0.2) is 4.98 Å². The SMILES string of the molecule is CC1(O)CC(n2cnc3cc(OCC4CC(c5ccc(C(F)(F)F)cc5)CCN4)cc(C(F)(F)F)c32)C1. The first-order valence-electron chi connectivity index (χ1n) is 12.1. The van der Waals surface area contributed by atoms with Gasteiger partial charge >= 0.3 is 12.4 Å². The minimum atomic E-state index is -4.63. The van der Waals surface area contributed by atoms with Crippen LogP contribution in [0.3, 0.4) is 0 Å². The molecule has 0 amide bonds. The summed E-state index contributed by atoms with van der Waals surface area (Å²) in [4.78, 5) is 4.18. The Labute approximate surface area is 209 Å². The second kappa shape index (κ2) is 9.20. The lowest BCUT2D eigenvalue weighted by atomic mass is 9.77. The molecular weight excluding hydrogens is 500 g/mol. The number of hydrogen-bond donors (Lipinski definition) is 2. The third-order valence-corrected chi connectivity index (χ3v) is 7.35. The average Bonchev–Trinajstić information content (AvgIpc) is 3.23. The second-order valence-corrected chi connectivity index (χ2v) is 10.4. The summed E-state index contributed by atoms with van der Waals surface area (Å²) in [5.74, 6) is 0.0601. The molecule has 1 saturated heterocycles. The zero-order valence-electron chi connectivity index (χ0n) is 20.0. The molecule has 2 N–H and O–H groups in total. The number of hydrogen-bond acceptors (Lipinski definition) is 4. The summed E-state index contributed by atoms with van der Waals surface area (Å²) in [5.41, 5.74) is -1.52. The van der Waals surface area contributed by atoms with Crippen LogP contribution >= 0.6 is 0 Å². The van der Waals surface area contributed by atoms with Gasteiger partial charge < -0.3 is 19.7 Å². The third kappa shape index (κ3) is 5.43. The van der Waals surface area contributed by atoms with Gasteiger partial charge in [0.05, 0.1) is 34.1 Å². The zero-order chi connectivity index (χ0) is 26.6. The molecule has 200 valence electrons. The van der Waals surface area contributed by atoms with Crippen molar-refractivity contribution >= 4 is 11.0 Å². The van der Waals surface area contributed by atoms with Crippen LogP contribution in [0.2, 0.25) is 0 Å². The van der Waals surface area contributed by atoms with E-state index in [-0.39, 0.29) is 41.4 Å². The molecule has 2 fully saturated rings. The molecule has 2 atom stereocenters. The van der Waals surface area contributed by atoms with Gasteiger partial charge in [-0.05, 0) is 68.8 Å². The van der Waals surface area contributed by atoms with Crippen molar-refractivity contribution in [3.8, 4) is 5.75 Å². The quantitative estimate of drug-likeness (QED) is 0.395. The molecule has 1 aliphatic heterocycles. The third-order valence-electron chi connectivity index (χ3n) is 7.35. The van der Waals surface area contributed by atoms with Gasteiger partial charge in [-0.15, -0.1) is 0 Å². The van der Waals surface area contributed by atoms with Crippen molar-refractivity contribution in [3.05, 3.63) is 59.4 Å². The number of aliphatic hydroxyl groups is 1. The van der Waals surface area contributed by atoms with Crippen LogP contribution in [0.25, 0.3) is 11.0 Å². The summed E-state index contributed by atoms with van der Waals surface area (Å²) in [6, 6.07) is 7.13. The van der Waals surface area contributed by atoms with E-state index in [9.17, 15) is 31.4 Å². The molecule has 11 heteroatoms. The predicted octanol–water partition coefficient (Wildman–Crippen LogP) is 6.07. The summed E-state index contributed by atoms with van der Waals surface area (Å²) in [6.07, 6.45) is -5.64. The molecule has 1 saturated carbocycles. The molecule has 2 aromatic carbocycles. The molecule has 0 spiro atoms. The highest BCUT2D eigenvalue weighted by atomic mass is 19.4. The topological polar surface area (TPSA) is 59.3 Å². The lowest BCUT2D eigenvalue weighted by Gasteiger charge is -2.41. The van der Waals surface area contributed by atoms with Gasteiger partial charge in [0.2, 0.25) is 0 Å². The van der Waals surface area contributed by atoms with E-state index in [4.69, 9.17) is 4.74 Å². The van der Waals surface area contributed by atoms with Crippen LogP contribution in [0.15, 0.2) is 42.7 Å². The number of fused-ring (bicyclic) bond motifs is 1. The lowest BCUT2D eigenvalue weighted by Crippen LogP contribution is -2.41. The van der Waals surface area contributed by atoms with Gasteiger partial charge in [0, 0.05) is 18.2 Å². The Bertz CT molecular complexity index is 1260. The van der Waals surface area contributed by atoms with Crippen LogP contribution in [0.4, 0.5) is 26.3 Å². The largest absolute Gasteiger partial charge is 0.492 e. The van der Waals surface area contributed by atoms with E-state index in [2.05, 4.69) is 10.3 Å². The van der Waals surface area contributed by atoms with Crippen LogP contribution in [0.5, 0.6) is 5.75 Å². The molecule has 2 unspecified atom stereocenters. The van der Waals surface area contributed by atoms with Crippen LogP contribution in [0.1, 0.15) is 61.3 Å². The van der Waals surface area contributed by atoms with E-state index in [0.717, 1.165) is 30.2 Å². The Morgan fingerprint density at radius 3 is 2.41 bits per heavy atom. The molecule has 1 aliphatic carbocycles. The second-order valence-electron chi connectivity index (χ2n) is 10.4. The van der Waals surface area contributed by atoms with Crippen LogP contribution in [-0.2, 0) is 12.4 Å².